The molecule has 0 amide bonds. The van der Waals surface area contributed by atoms with Gasteiger partial charge in [0.05, 0.1) is 0 Å². The lowest BCUT2D eigenvalue weighted by atomic mass is 10.1. The molecule has 0 aliphatic rings. The van der Waals surface area contributed by atoms with E-state index in [1.807, 2.05) is 13.8 Å². The van der Waals surface area contributed by atoms with Crippen LogP contribution in [0.25, 0.3) is 54.6 Å². The van der Waals surface area contributed by atoms with Gasteiger partial charge in [-0.25, -0.2) is 18.8 Å². The zero-order valence-electron chi connectivity index (χ0n) is 18.9. The molecule has 0 saturated heterocycles. The first kappa shape index (κ1) is 20.3. The Hall–Kier alpha value is -5.12. The van der Waals surface area contributed by atoms with Crippen LogP contribution in [0.1, 0.15) is 11.1 Å². The summed E-state index contributed by atoms with van der Waals surface area (Å²) >= 11 is 0. The van der Waals surface area contributed by atoms with Crippen molar-refractivity contribution in [3.05, 3.63) is 99.7 Å². The highest BCUT2D eigenvalue weighted by Gasteiger charge is 2.24. The minimum Gasteiger partial charge on any atom is -0.287 e. The molecule has 0 aliphatic heterocycles. The fraction of sp³-hybridized carbons (Fsp3) is 0.0769. The van der Waals surface area contributed by atoms with Crippen molar-refractivity contribution in [2.75, 3.05) is 0 Å². The number of aromatic nitrogens is 4. The van der Waals surface area contributed by atoms with Crippen LogP contribution >= 0.6 is 0 Å². The number of benzene rings is 3. The number of rotatable bonds is 0. The van der Waals surface area contributed by atoms with Gasteiger partial charge in [-0.2, -0.15) is 0 Å². The zero-order valence-corrected chi connectivity index (χ0v) is 18.9. The summed E-state index contributed by atoms with van der Waals surface area (Å²) in [5.41, 5.74) is -2.83. The standard InChI is InChI=1S/C26H14N6O4/c1-9-4-6-12-13(7-9)22(28)32-23(12)29-17-15(26(32)36)20(34)18-16(19(17)33)25(35)31-21(27)11-5-3-10(2)8-14(11)24(31)30-18/h3-8,27-28H,1-2H3. The van der Waals surface area contributed by atoms with Crippen molar-refractivity contribution in [2.45, 2.75) is 13.8 Å². The number of aryl methyl sites for hydroxylation is 2. The number of fused-ring (bicyclic) bond motifs is 8. The van der Waals surface area contributed by atoms with Gasteiger partial charge < -0.3 is 0 Å². The summed E-state index contributed by atoms with van der Waals surface area (Å²) in [7, 11) is 0. The highest BCUT2D eigenvalue weighted by molar-refractivity contribution is 6.02. The molecular weight excluding hydrogens is 460 g/mol. The first-order valence-corrected chi connectivity index (χ1v) is 11.0. The molecule has 36 heavy (non-hydrogen) atoms. The lowest BCUT2D eigenvalue weighted by Gasteiger charge is -2.02. The summed E-state index contributed by atoms with van der Waals surface area (Å²) < 4.78 is 2.01. The summed E-state index contributed by atoms with van der Waals surface area (Å²) in [6, 6.07) is 10.4. The molecule has 0 radical (unpaired) electrons. The van der Waals surface area contributed by atoms with Crippen molar-refractivity contribution < 1.29 is 0 Å². The molecule has 0 spiro atoms. The van der Waals surface area contributed by atoms with Crippen LogP contribution < -0.4 is 33.0 Å². The molecule has 4 heterocycles. The Kier molecular flexibility index (Phi) is 3.55. The minimum absolute atomic E-state index is 0.0631. The van der Waals surface area contributed by atoms with Crippen LogP contribution in [0.2, 0.25) is 0 Å². The molecule has 0 atom stereocenters. The topological polar surface area (TPSA) is 151 Å². The van der Waals surface area contributed by atoms with Gasteiger partial charge in [0.2, 0.25) is 10.9 Å². The predicted octanol–water partition coefficient (Wildman–Crippen LogP) is 0.925. The van der Waals surface area contributed by atoms with Gasteiger partial charge in [0.15, 0.2) is 0 Å². The van der Waals surface area contributed by atoms with Crippen molar-refractivity contribution in [3.63, 3.8) is 0 Å². The molecule has 7 aromatic rings. The molecule has 0 saturated carbocycles. The van der Waals surface area contributed by atoms with Gasteiger partial charge in [0.25, 0.3) is 11.1 Å². The summed E-state index contributed by atoms with van der Waals surface area (Å²) in [5.74, 6) is 0. The molecule has 172 valence electrons. The highest BCUT2D eigenvalue weighted by atomic mass is 16.2. The number of hydrogen-bond acceptors (Lipinski definition) is 8. The molecule has 0 bridgehead atoms. The van der Waals surface area contributed by atoms with E-state index in [9.17, 15) is 19.2 Å². The van der Waals surface area contributed by atoms with Gasteiger partial charge in [-0.3, -0.25) is 30.0 Å². The molecule has 10 heteroatoms. The maximum atomic E-state index is 13.6. The normalized spacial score (nSPS) is 12.3. The average molecular weight is 474 g/mol. The van der Waals surface area contributed by atoms with Gasteiger partial charge in [0.1, 0.15) is 44.1 Å². The summed E-state index contributed by atoms with van der Waals surface area (Å²) in [6.45, 7) is 3.69. The third kappa shape index (κ3) is 2.21. The third-order valence-electron chi connectivity index (χ3n) is 6.84. The van der Waals surface area contributed by atoms with Crippen molar-refractivity contribution in [1.29, 1.82) is 10.8 Å². The largest absolute Gasteiger partial charge is 0.287 e. The van der Waals surface area contributed by atoms with Gasteiger partial charge in [-0.15, -0.1) is 0 Å². The van der Waals surface area contributed by atoms with E-state index in [-0.39, 0.29) is 22.3 Å². The zero-order chi connectivity index (χ0) is 25.2. The predicted molar refractivity (Wildman–Crippen MR) is 134 cm³/mol. The van der Waals surface area contributed by atoms with Crippen molar-refractivity contribution in [1.82, 2.24) is 18.8 Å². The Morgan fingerprint density at radius 2 is 1.06 bits per heavy atom. The smallest absolute Gasteiger partial charge is 0.271 e. The van der Waals surface area contributed by atoms with Gasteiger partial charge in [-0.05, 0) is 26.0 Å². The highest BCUT2D eigenvalue weighted by Crippen LogP contribution is 2.20. The molecule has 4 aromatic heterocycles. The third-order valence-corrected chi connectivity index (χ3v) is 6.84. The van der Waals surface area contributed by atoms with E-state index < -0.39 is 43.8 Å². The van der Waals surface area contributed by atoms with Gasteiger partial charge >= 0.3 is 0 Å². The van der Waals surface area contributed by atoms with Crippen LogP contribution in [0.15, 0.2) is 55.6 Å². The first-order valence-electron chi connectivity index (χ1n) is 11.0. The molecule has 0 aliphatic carbocycles. The van der Waals surface area contributed by atoms with Crippen LogP contribution in [-0.2, 0) is 0 Å². The lowest BCUT2D eigenvalue weighted by Crippen LogP contribution is -2.34. The van der Waals surface area contributed by atoms with Crippen molar-refractivity contribution in [2.24, 2.45) is 0 Å². The van der Waals surface area contributed by atoms with Crippen LogP contribution in [0.4, 0.5) is 0 Å². The summed E-state index contributed by atoms with van der Waals surface area (Å²) in [4.78, 5) is 62.8. The molecule has 2 N–H and O–H groups in total. The van der Waals surface area contributed by atoms with Crippen LogP contribution in [-0.4, -0.2) is 18.8 Å². The molecule has 7 rings (SSSR count). The Morgan fingerprint density at radius 3 is 1.61 bits per heavy atom. The Labute approximate surface area is 198 Å². The SMILES string of the molecule is Cc1ccc2c(c1)c(=N)n1c(=O)c3c(=O)c4nc5c6cc(C)ccc6c(=N)n5c(=O)c4c(=O)c3nc21. The molecule has 10 nitrogen and oxygen atoms in total. The van der Waals surface area contributed by atoms with Crippen molar-refractivity contribution in [3.8, 4) is 0 Å². The lowest BCUT2D eigenvalue weighted by molar-refractivity contribution is 0.990. The number of nitrogens with one attached hydrogen (secondary N) is 2. The van der Waals surface area contributed by atoms with Gasteiger partial charge in [-0.1, -0.05) is 35.4 Å². The fourth-order valence-electron chi connectivity index (χ4n) is 5.13. The van der Waals surface area contributed by atoms with Gasteiger partial charge in [0, 0.05) is 21.5 Å². The van der Waals surface area contributed by atoms with E-state index in [0.29, 0.717) is 21.5 Å². The Bertz CT molecular complexity index is 2520. The second-order valence-corrected chi connectivity index (χ2v) is 9.05. The van der Waals surface area contributed by atoms with E-state index in [2.05, 4.69) is 9.97 Å². The summed E-state index contributed by atoms with van der Waals surface area (Å²) in [6.07, 6.45) is 0. The van der Waals surface area contributed by atoms with Crippen LogP contribution in [0.5, 0.6) is 0 Å². The molecule has 0 fully saturated rings. The Morgan fingerprint density at radius 1 is 0.611 bits per heavy atom. The maximum absolute atomic E-state index is 13.6. The van der Waals surface area contributed by atoms with Crippen LogP contribution in [0.3, 0.4) is 0 Å². The first-order chi connectivity index (χ1) is 17.2. The van der Waals surface area contributed by atoms with Crippen LogP contribution in [0, 0.1) is 24.7 Å². The molecule has 3 aromatic carbocycles. The maximum Gasteiger partial charge on any atom is 0.271 e. The average Bonchev–Trinajstić information content (AvgIpc) is 3.28. The van der Waals surface area contributed by atoms with E-state index in [0.717, 1.165) is 19.9 Å². The second-order valence-electron chi connectivity index (χ2n) is 9.05. The second kappa shape index (κ2) is 6.30. The Balaban J connectivity index is 1.80. The fourth-order valence-corrected chi connectivity index (χ4v) is 5.13. The summed E-state index contributed by atoms with van der Waals surface area (Å²) in [5, 5.41) is 17.9. The quantitative estimate of drug-likeness (QED) is 0.312. The van der Waals surface area contributed by atoms with Crippen molar-refractivity contribution >= 4 is 54.6 Å². The van der Waals surface area contributed by atoms with E-state index in [1.165, 1.54) is 0 Å². The van der Waals surface area contributed by atoms with E-state index >= 15 is 0 Å². The molecule has 0 unspecified atom stereocenters. The van der Waals surface area contributed by atoms with E-state index in [1.54, 1.807) is 36.4 Å². The molecular formula is C26H14N6O4. The minimum atomic E-state index is -0.903. The number of hydrogen-bond donors (Lipinski definition) is 2. The van der Waals surface area contributed by atoms with E-state index in [4.69, 9.17) is 10.8 Å². The number of nitrogens with zero attached hydrogens (tertiary/aromatic N) is 4. The monoisotopic (exact) mass is 474 g/mol.